The summed E-state index contributed by atoms with van der Waals surface area (Å²) in [6, 6.07) is 3.78. The number of esters is 1. The van der Waals surface area contributed by atoms with Crippen LogP contribution in [0.25, 0.3) is 0 Å². The summed E-state index contributed by atoms with van der Waals surface area (Å²) >= 11 is 0. The molecule has 1 rings (SSSR count). The standard InChI is InChI=1S/C13H18O4S/c1-8-6-9(2)12(10(3)7-8)17-13(14)11(4)18(5,15)16/h6-7,11H,1-5H3. The van der Waals surface area contributed by atoms with Gasteiger partial charge in [0.2, 0.25) is 0 Å². The van der Waals surface area contributed by atoms with Crippen molar-refractivity contribution < 1.29 is 17.9 Å². The van der Waals surface area contributed by atoms with Crippen LogP contribution in [0.15, 0.2) is 12.1 Å². The Morgan fingerprint density at radius 2 is 1.61 bits per heavy atom. The van der Waals surface area contributed by atoms with Crippen molar-refractivity contribution in [2.24, 2.45) is 0 Å². The van der Waals surface area contributed by atoms with E-state index in [1.54, 1.807) is 0 Å². The smallest absolute Gasteiger partial charge is 0.329 e. The van der Waals surface area contributed by atoms with Crippen molar-refractivity contribution in [3.05, 3.63) is 28.8 Å². The van der Waals surface area contributed by atoms with E-state index in [9.17, 15) is 13.2 Å². The van der Waals surface area contributed by atoms with Gasteiger partial charge >= 0.3 is 5.97 Å². The first-order valence-corrected chi connectivity index (χ1v) is 7.56. The van der Waals surface area contributed by atoms with E-state index < -0.39 is 21.1 Å². The summed E-state index contributed by atoms with van der Waals surface area (Å²) in [7, 11) is -3.43. The summed E-state index contributed by atoms with van der Waals surface area (Å²) in [5.74, 6) is -0.298. The summed E-state index contributed by atoms with van der Waals surface area (Å²) in [5, 5.41) is -1.15. The molecule has 0 amide bonds. The number of benzene rings is 1. The first kappa shape index (κ1) is 14.7. The van der Waals surface area contributed by atoms with Gasteiger partial charge in [0.15, 0.2) is 15.1 Å². The third-order valence-electron chi connectivity index (χ3n) is 2.78. The van der Waals surface area contributed by atoms with Crippen LogP contribution in [-0.2, 0) is 14.6 Å². The van der Waals surface area contributed by atoms with Gasteiger partial charge in [-0.05, 0) is 38.8 Å². The van der Waals surface area contributed by atoms with E-state index in [0.717, 1.165) is 22.9 Å². The predicted molar refractivity (Wildman–Crippen MR) is 70.6 cm³/mol. The van der Waals surface area contributed by atoms with E-state index in [4.69, 9.17) is 4.74 Å². The number of aryl methyl sites for hydroxylation is 3. The van der Waals surface area contributed by atoms with E-state index in [-0.39, 0.29) is 0 Å². The third kappa shape index (κ3) is 3.32. The van der Waals surface area contributed by atoms with Crippen LogP contribution in [0.4, 0.5) is 0 Å². The highest BCUT2D eigenvalue weighted by molar-refractivity contribution is 7.92. The normalized spacial score (nSPS) is 13.2. The van der Waals surface area contributed by atoms with Gasteiger partial charge in [-0.1, -0.05) is 17.7 Å². The fourth-order valence-electron chi connectivity index (χ4n) is 1.69. The Bertz CT molecular complexity index is 550. The molecule has 0 aliphatic carbocycles. The van der Waals surface area contributed by atoms with Gasteiger partial charge in [-0.3, -0.25) is 4.79 Å². The summed E-state index contributed by atoms with van der Waals surface area (Å²) in [4.78, 5) is 11.7. The Balaban J connectivity index is 3.03. The third-order valence-corrected chi connectivity index (χ3v) is 4.26. The van der Waals surface area contributed by atoms with Crippen molar-refractivity contribution in [2.45, 2.75) is 32.9 Å². The molecule has 1 atom stereocenters. The zero-order valence-corrected chi connectivity index (χ0v) is 12.1. The van der Waals surface area contributed by atoms with E-state index in [1.807, 2.05) is 32.9 Å². The zero-order chi connectivity index (χ0) is 14.1. The Kier molecular flexibility index (Phi) is 4.16. The highest BCUT2D eigenvalue weighted by Crippen LogP contribution is 2.25. The minimum Gasteiger partial charge on any atom is -0.425 e. The second-order valence-electron chi connectivity index (χ2n) is 4.62. The van der Waals surface area contributed by atoms with Crippen LogP contribution in [0.3, 0.4) is 0 Å². The lowest BCUT2D eigenvalue weighted by Gasteiger charge is -2.14. The summed E-state index contributed by atoms with van der Waals surface area (Å²) in [6.07, 6.45) is 1.02. The number of carbonyl (C=O) groups excluding carboxylic acids is 1. The summed E-state index contributed by atoms with van der Waals surface area (Å²) in [5.41, 5.74) is 2.71. The van der Waals surface area contributed by atoms with Crippen molar-refractivity contribution in [3.8, 4) is 5.75 Å². The molecule has 0 fully saturated rings. The average Bonchev–Trinajstić information content (AvgIpc) is 2.20. The maximum Gasteiger partial charge on any atom is 0.329 e. The lowest BCUT2D eigenvalue weighted by atomic mass is 10.1. The second-order valence-corrected chi connectivity index (χ2v) is 6.99. The SMILES string of the molecule is Cc1cc(C)c(OC(=O)C(C)S(C)(=O)=O)c(C)c1. The molecule has 1 unspecified atom stereocenters. The van der Waals surface area contributed by atoms with E-state index in [2.05, 4.69) is 0 Å². The highest BCUT2D eigenvalue weighted by Gasteiger charge is 2.26. The Labute approximate surface area is 108 Å². The molecule has 0 aromatic heterocycles. The average molecular weight is 270 g/mol. The summed E-state index contributed by atoms with van der Waals surface area (Å²) < 4.78 is 27.8. The van der Waals surface area contributed by atoms with Crippen molar-refractivity contribution in [3.63, 3.8) is 0 Å². The minimum absolute atomic E-state index is 0.445. The number of sulfone groups is 1. The Morgan fingerprint density at radius 1 is 1.17 bits per heavy atom. The molecule has 0 aliphatic heterocycles. The minimum atomic E-state index is -3.43. The van der Waals surface area contributed by atoms with Crippen molar-refractivity contribution >= 4 is 15.8 Å². The van der Waals surface area contributed by atoms with Gasteiger partial charge in [-0.2, -0.15) is 0 Å². The quantitative estimate of drug-likeness (QED) is 0.622. The Morgan fingerprint density at radius 3 is 2.00 bits per heavy atom. The van der Waals surface area contributed by atoms with Crippen LogP contribution in [0, 0.1) is 20.8 Å². The molecule has 0 N–H and O–H groups in total. The molecular formula is C13H18O4S. The van der Waals surface area contributed by atoms with Crippen LogP contribution in [-0.4, -0.2) is 25.9 Å². The molecule has 1 aromatic carbocycles. The largest absolute Gasteiger partial charge is 0.425 e. The number of hydrogen-bond donors (Lipinski definition) is 0. The van der Waals surface area contributed by atoms with Crippen LogP contribution in [0.2, 0.25) is 0 Å². The summed E-state index contributed by atoms with van der Waals surface area (Å²) in [6.45, 7) is 6.93. The number of ether oxygens (including phenoxy) is 1. The molecule has 5 heteroatoms. The molecule has 0 bridgehead atoms. The molecule has 0 spiro atoms. The van der Waals surface area contributed by atoms with E-state index in [1.165, 1.54) is 6.92 Å². The number of rotatable bonds is 3. The lowest BCUT2D eigenvalue weighted by molar-refractivity contribution is -0.133. The van der Waals surface area contributed by atoms with Gasteiger partial charge in [0.05, 0.1) is 0 Å². The maximum atomic E-state index is 11.7. The first-order chi connectivity index (χ1) is 8.12. The van der Waals surface area contributed by atoms with Crippen molar-refractivity contribution in [1.29, 1.82) is 0 Å². The molecule has 0 heterocycles. The van der Waals surface area contributed by atoms with Crippen LogP contribution in [0.5, 0.6) is 5.75 Å². The van der Waals surface area contributed by atoms with E-state index in [0.29, 0.717) is 5.75 Å². The van der Waals surface area contributed by atoms with Gasteiger partial charge in [-0.25, -0.2) is 8.42 Å². The molecule has 0 aliphatic rings. The van der Waals surface area contributed by atoms with Crippen LogP contribution < -0.4 is 4.74 Å². The fraction of sp³-hybridized carbons (Fsp3) is 0.462. The van der Waals surface area contributed by atoms with Gasteiger partial charge in [0.25, 0.3) is 0 Å². The zero-order valence-electron chi connectivity index (χ0n) is 11.3. The topological polar surface area (TPSA) is 60.4 Å². The highest BCUT2D eigenvalue weighted by atomic mass is 32.2. The number of hydrogen-bond acceptors (Lipinski definition) is 4. The second kappa shape index (κ2) is 5.10. The van der Waals surface area contributed by atoms with Gasteiger partial charge < -0.3 is 4.74 Å². The van der Waals surface area contributed by atoms with Gasteiger partial charge in [0.1, 0.15) is 5.75 Å². The number of carbonyl (C=O) groups is 1. The maximum absolute atomic E-state index is 11.7. The fourth-order valence-corrected chi connectivity index (χ4v) is 2.08. The molecule has 4 nitrogen and oxygen atoms in total. The molecule has 0 saturated carbocycles. The van der Waals surface area contributed by atoms with Gasteiger partial charge in [-0.15, -0.1) is 0 Å². The van der Waals surface area contributed by atoms with Crippen molar-refractivity contribution in [2.75, 3.05) is 6.26 Å². The Hall–Kier alpha value is -1.36. The van der Waals surface area contributed by atoms with Crippen LogP contribution in [0.1, 0.15) is 23.6 Å². The van der Waals surface area contributed by atoms with E-state index >= 15 is 0 Å². The van der Waals surface area contributed by atoms with Gasteiger partial charge in [0, 0.05) is 6.26 Å². The molecule has 1 aromatic rings. The monoisotopic (exact) mass is 270 g/mol. The first-order valence-electron chi connectivity index (χ1n) is 5.61. The predicted octanol–water partition coefficient (Wildman–Crippen LogP) is 1.95. The molecule has 100 valence electrons. The van der Waals surface area contributed by atoms with Crippen LogP contribution >= 0.6 is 0 Å². The molecule has 0 radical (unpaired) electrons. The van der Waals surface area contributed by atoms with Crippen molar-refractivity contribution in [1.82, 2.24) is 0 Å². The molecule has 0 saturated heterocycles. The molecular weight excluding hydrogens is 252 g/mol. The molecule has 18 heavy (non-hydrogen) atoms. The lowest BCUT2D eigenvalue weighted by Crippen LogP contribution is -2.30.